The van der Waals surface area contributed by atoms with Crippen molar-refractivity contribution >= 4 is 35.0 Å². The van der Waals surface area contributed by atoms with E-state index in [4.69, 9.17) is 11.6 Å². The second-order valence-electron chi connectivity index (χ2n) is 4.60. The number of carbonyl (C=O) groups excluding carboxylic acids is 1. The van der Waals surface area contributed by atoms with Gasteiger partial charge in [0.1, 0.15) is 5.37 Å². The molecule has 2 atom stereocenters. The van der Waals surface area contributed by atoms with E-state index in [1.807, 2.05) is 48.2 Å². The normalized spacial score (nSPS) is 22.3. The second-order valence-corrected chi connectivity index (χ2v) is 6.46. The molecule has 1 aromatic heterocycles. The SMILES string of the molecule is CC1SC(c2ccc(Cl)cc2)N(c2cccnc2)C1=O. The van der Waals surface area contributed by atoms with E-state index in [-0.39, 0.29) is 16.5 Å². The fraction of sp³-hybridized carbons (Fsp3) is 0.200. The molecule has 3 nitrogen and oxygen atoms in total. The fourth-order valence-electron chi connectivity index (χ4n) is 2.24. The Bertz CT molecular complexity index is 618. The van der Waals surface area contributed by atoms with Crippen molar-refractivity contribution in [2.75, 3.05) is 4.90 Å². The van der Waals surface area contributed by atoms with Gasteiger partial charge in [-0.25, -0.2) is 0 Å². The van der Waals surface area contributed by atoms with E-state index in [0.717, 1.165) is 11.3 Å². The molecule has 1 amide bonds. The number of carbonyl (C=O) groups is 1. The quantitative estimate of drug-likeness (QED) is 0.843. The number of nitrogens with zero attached hydrogens (tertiary/aromatic N) is 2. The summed E-state index contributed by atoms with van der Waals surface area (Å²) in [6.45, 7) is 1.94. The van der Waals surface area contributed by atoms with Crippen LogP contribution in [0.2, 0.25) is 5.02 Å². The predicted molar refractivity (Wildman–Crippen MR) is 83.0 cm³/mol. The average Bonchev–Trinajstić information content (AvgIpc) is 2.77. The molecule has 1 aliphatic heterocycles. The van der Waals surface area contributed by atoms with Crippen LogP contribution in [0.15, 0.2) is 48.8 Å². The van der Waals surface area contributed by atoms with Gasteiger partial charge in [0, 0.05) is 11.2 Å². The molecule has 2 unspecified atom stereocenters. The minimum absolute atomic E-state index is 0.0287. The Morgan fingerprint density at radius 1 is 1.25 bits per heavy atom. The van der Waals surface area contributed by atoms with Crippen molar-refractivity contribution in [3.05, 3.63) is 59.4 Å². The number of aromatic nitrogens is 1. The minimum atomic E-state index is -0.0594. The molecule has 2 aromatic rings. The maximum Gasteiger partial charge on any atom is 0.241 e. The van der Waals surface area contributed by atoms with Crippen LogP contribution in [-0.2, 0) is 4.79 Å². The molecular weight excluding hydrogens is 292 g/mol. The molecule has 1 saturated heterocycles. The highest BCUT2D eigenvalue weighted by molar-refractivity contribution is 8.01. The second kappa shape index (κ2) is 5.46. The third kappa shape index (κ3) is 2.41. The van der Waals surface area contributed by atoms with Gasteiger partial charge in [0.15, 0.2) is 0 Å². The summed E-state index contributed by atoms with van der Waals surface area (Å²) in [6, 6.07) is 11.4. The van der Waals surface area contributed by atoms with E-state index in [9.17, 15) is 4.79 Å². The summed E-state index contributed by atoms with van der Waals surface area (Å²) in [6.07, 6.45) is 3.43. The molecule has 1 aromatic carbocycles. The van der Waals surface area contributed by atoms with Crippen molar-refractivity contribution in [2.24, 2.45) is 0 Å². The topological polar surface area (TPSA) is 33.2 Å². The van der Waals surface area contributed by atoms with Crippen LogP contribution in [0.3, 0.4) is 0 Å². The summed E-state index contributed by atoms with van der Waals surface area (Å²) >= 11 is 7.57. The number of halogens is 1. The lowest BCUT2D eigenvalue weighted by Crippen LogP contribution is -2.30. The van der Waals surface area contributed by atoms with Gasteiger partial charge in [-0.15, -0.1) is 11.8 Å². The Morgan fingerprint density at radius 3 is 2.65 bits per heavy atom. The van der Waals surface area contributed by atoms with Crippen LogP contribution in [0.4, 0.5) is 5.69 Å². The van der Waals surface area contributed by atoms with Gasteiger partial charge in [-0.3, -0.25) is 14.7 Å². The summed E-state index contributed by atoms with van der Waals surface area (Å²) < 4.78 is 0. The van der Waals surface area contributed by atoms with Crippen molar-refractivity contribution in [3.8, 4) is 0 Å². The smallest absolute Gasteiger partial charge is 0.241 e. The first-order valence-electron chi connectivity index (χ1n) is 6.31. The highest BCUT2D eigenvalue weighted by Gasteiger charge is 2.39. The van der Waals surface area contributed by atoms with Gasteiger partial charge in [-0.2, -0.15) is 0 Å². The first kappa shape index (κ1) is 13.5. The Hall–Kier alpha value is -1.52. The zero-order valence-electron chi connectivity index (χ0n) is 10.9. The number of thioether (sulfide) groups is 1. The first-order chi connectivity index (χ1) is 9.66. The van der Waals surface area contributed by atoms with Gasteiger partial charge in [0.2, 0.25) is 5.91 Å². The van der Waals surface area contributed by atoms with Crippen LogP contribution in [0.5, 0.6) is 0 Å². The summed E-state index contributed by atoms with van der Waals surface area (Å²) in [5.41, 5.74) is 1.90. The summed E-state index contributed by atoms with van der Waals surface area (Å²) in [4.78, 5) is 18.3. The van der Waals surface area contributed by atoms with E-state index in [1.54, 1.807) is 24.2 Å². The molecule has 0 bridgehead atoms. The van der Waals surface area contributed by atoms with Crippen molar-refractivity contribution in [2.45, 2.75) is 17.5 Å². The molecule has 1 fully saturated rings. The largest absolute Gasteiger partial charge is 0.293 e. The van der Waals surface area contributed by atoms with Gasteiger partial charge < -0.3 is 0 Å². The Balaban J connectivity index is 2.00. The highest BCUT2D eigenvalue weighted by atomic mass is 35.5. The molecule has 2 heterocycles. The van der Waals surface area contributed by atoms with Gasteiger partial charge in [0.05, 0.1) is 17.1 Å². The molecule has 0 spiro atoms. The molecular formula is C15H13ClN2OS. The predicted octanol–water partition coefficient (Wildman–Crippen LogP) is 3.90. The number of pyridine rings is 1. The van der Waals surface area contributed by atoms with Gasteiger partial charge >= 0.3 is 0 Å². The molecule has 5 heteroatoms. The van der Waals surface area contributed by atoms with Crippen molar-refractivity contribution in [1.29, 1.82) is 0 Å². The van der Waals surface area contributed by atoms with Crippen molar-refractivity contribution < 1.29 is 4.79 Å². The molecule has 0 aliphatic carbocycles. The van der Waals surface area contributed by atoms with Crippen LogP contribution in [-0.4, -0.2) is 16.1 Å². The number of hydrogen-bond acceptors (Lipinski definition) is 3. The Morgan fingerprint density at radius 2 is 2.00 bits per heavy atom. The van der Waals surface area contributed by atoms with Crippen LogP contribution in [0.1, 0.15) is 17.9 Å². The number of amides is 1. The number of benzene rings is 1. The molecule has 102 valence electrons. The number of rotatable bonds is 2. The van der Waals surface area contributed by atoms with Gasteiger partial charge in [-0.1, -0.05) is 23.7 Å². The lowest BCUT2D eigenvalue weighted by Gasteiger charge is -2.23. The highest BCUT2D eigenvalue weighted by Crippen LogP contribution is 2.45. The van der Waals surface area contributed by atoms with Crippen LogP contribution < -0.4 is 4.90 Å². The van der Waals surface area contributed by atoms with E-state index >= 15 is 0 Å². The Labute approximate surface area is 127 Å². The standard InChI is InChI=1S/C15H13ClN2OS/c1-10-14(19)18(13-3-2-8-17-9-13)15(20-10)11-4-6-12(16)7-5-11/h2-10,15H,1H3. The van der Waals surface area contributed by atoms with Crippen LogP contribution >= 0.6 is 23.4 Å². The molecule has 3 rings (SSSR count). The Kier molecular flexibility index (Phi) is 3.68. The van der Waals surface area contributed by atoms with Crippen LogP contribution in [0.25, 0.3) is 0 Å². The minimum Gasteiger partial charge on any atom is -0.293 e. The van der Waals surface area contributed by atoms with Crippen molar-refractivity contribution in [3.63, 3.8) is 0 Å². The van der Waals surface area contributed by atoms with E-state index in [2.05, 4.69) is 4.98 Å². The summed E-state index contributed by atoms with van der Waals surface area (Å²) in [5.74, 6) is 0.114. The number of hydrogen-bond donors (Lipinski definition) is 0. The fourth-order valence-corrected chi connectivity index (χ4v) is 3.64. The summed E-state index contributed by atoms with van der Waals surface area (Å²) in [7, 11) is 0. The maximum absolute atomic E-state index is 12.4. The first-order valence-corrected chi connectivity index (χ1v) is 7.63. The third-order valence-corrected chi connectivity index (χ3v) is 4.83. The van der Waals surface area contributed by atoms with Gasteiger partial charge in [-0.05, 0) is 36.8 Å². The third-order valence-electron chi connectivity index (χ3n) is 3.23. The zero-order chi connectivity index (χ0) is 14.1. The van der Waals surface area contributed by atoms with E-state index in [0.29, 0.717) is 5.02 Å². The van der Waals surface area contributed by atoms with E-state index < -0.39 is 0 Å². The molecule has 20 heavy (non-hydrogen) atoms. The lowest BCUT2D eigenvalue weighted by molar-refractivity contribution is -0.117. The lowest BCUT2D eigenvalue weighted by atomic mass is 10.2. The van der Waals surface area contributed by atoms with Crippen LogP contribution in [0, 0.1) is 0 Å². The molecule has 1 aliphatic rings. The average molecular weight is 305 g/mol. The summed E-state index contributed by atoms with van der Waals surface area (Å²) in [5, 5.41) is 0.610. The number of anilines is 1. The zero-order valence-corrected chi connectivity index (χ0v) is 12.4. The monoisotopic (exact) mass is 304 g/mol. The van der Waals surface area contributed by atoms with Crippen molar-refractivity contribution in [1.82, 2.24) is 4.98 Å². The maximum atomic E-state index is 12.4. The van der Waals surface area contributed by atoms with E-state index in [1.165, 1.54) is 0 Å². The molecule has 0 radical (unpaired) electrons. The molecule has 0 saturated carbocycles. The molecule has 0 N–H and O–H groups in total. The van der Waals surface area contributed by atoms with Gasteiger partial charge in [0.25, 0.3) is 0 Å².